The van der Waals surface area contributed by atoms with Crippen molar-refractivity contribution in [3.05, 3.63) is 18.3 Å². The maximum Gasteiger partial charge on any atom is 0.244 e. The van der Waals surface area contributed by atoms with E-state index in [1.807, 2.05) is 6.92 Å². The van der Waals surface area contributed by atoms with Crippen LogP contribution in [0.15, 0.2) is 28.3 Å². The summed E-state index contributed by atoms with van der Waals surface area (Å²) >= 11 is 1.32. The van der Waals surface area contributed by atoms with Gasteiger partial charge in [0.2, 0.25) is 15.9 Å². The van der Waals surface area contributed by atoms with Crippen LogP contribution >= 0.6 is 11.8 Å². The first-order valence-corrected chi connectivity index (χ1v) is 12.6. The van der Waals surface area contributed by atoms with Gasteiger partial charge in [-0.2, -0.15) is 4.31 Å². The first kappa shape index (κ1) is 23.2. The van der Waals surface area contributed by atoms with Crippen LogP contribution in [0.25, 0.3) is 0 Å². The molecule has 1 aromatic heterocycles. The minimum Gasteiger partial charge on any atom is -0.353 e. The quantitative estimate of drug-likeness (QED) is 0.576. The second-order valence-corrected chi connectivity index (χ2v) is 10.8. The molecule has 1 aliphatic rings. The predicted molar refractivity (Wildman–Crippen MR) is 114 cm³/mol. The summed E-state index contributed by atoms with van der Waals surface area (Å²) in [7, 11) is -3.46. The van der Waals surface area contributed by atoms with Crippen molar-refractivity contribution in [3.8, 4) is 0 Å². The van der Waals surface area contributed by atoms with E-state index in [2.05, 4.69) is 24.1 Å². The molecule has 1 amide bonds. The Hall–Kier alpha value is -1.12. The molecule has 1 fully saturated rings. The van der Waals surface area contributed by atoms with Gasteiger partial charge in [0.05, 0.1) is 10.8 Å². The van der Waals surface area contributed by atoms with Gasteiger partial charge in [-0.15, -0.1) is 0 Å². The van der Waals surface area contributed by atoms with Crippen LogP contribution in [-0.4, -0.2) is 48.5 Å². The molecule has 0 spiro atoms. The molecule has 1 atom stereocenters. The molecule has 8 heteroatoms. The summed E-state index contributed by atoms with van der Waals surface area (Å²) in [5, 5.41) is 3.67. The molecule has 0 aliphatic carbocycles. The van der Waals surface area contributed by atoms with E-state index < -0.39 is 10.0 Å². The van der Waals surface area contributed by atoms with Gasteiger partial charge in [-0.05, 0) is 44.2 Å². The SMILES string of the molecule is CC(C)CCCC(C)NC(=O)CSc1ccc(S(=O)(=O)N2CCCCC2)cn1. The van der Waals surface area contributed by atoms with Gasteiger partial charge < -0.3 is 5.32 Å². The molecule has 0 bridgehead atoms. The standard InChI is InChI=1S/C20H33N3O3S2/c1-16(2)8-7-9-17(3)22-19(24)15-27-20-11-10-18(14-21-20)28(25,26)23-12-5-4-6-13-23/h10-11,14,16-17H,4-9,12-13,15H2,1-3H3,(H,22,24). The normalized spacial score (nSPS) is 16.9. The van der Waals surface area contributed by atoms with Crippen LogP contribution < -0.4 is 5.32 Å². The molecule has 1 N–H and O–H groups in total. The van der Waals surface area contributed by atoms with Crippen LogP contribution in [0.3, 0.4) is 0 Å². The van der Waals surface area contributed by atoms with Crippen LogP contribution in [0, 0.1) is 5.92 Å². The summed E-state index contributed by atoms with van der Waals surface area (Å²) in [6, 6.07) is 3.43. The number of piperidine rings is 1. The predicted octanol–water partition coefficient (Wildman–Crippen LogP) is 3.68. The average molecular weight is 428 g/mol. The summed E-state index contributed by atoms with van der Waals surface area (Å²) in [4.78, 5) is 16.6. The van der Waals surface area contributed by atoms with Crippen molar-refractivity contribution < 1.29 is 13.2 Å². The highest BCUT2D eigenvalue weighted by Gasteiger charge is 2.26. The van der Waals surface area contributed by atoms with E-state index in [1.54, 1.807) is 12.1 Å². The van der Waals surface area contributed by atoms with Crippen molar-refractivity contribution >= 4 is 27.7 Å². The van der Waals surface area contributed by atoms with Crippen LogP contribution in [-0.2, 0) is 14.8 Å². The number of hydrogen-bond donors (Lipinski definition) is 1. The maximum atomic E-state index is 12.6. The lowest BCUT2D eigenvalue weighted by Gasteiger charge is -2.25. The molecular weight excluding hydrogens is 394 g/mol. The molecule has 1 aromatic rings. The number of pyridine rings is 1. The van der Waals surface area contributed by atoms with Gasteiger partial charge >= 0.3 is 0 Å². The number of amides is 1. The number of nitrogens with one attached hydrogen (secondary N) is 1. The van der Waals surface area contributed by atoms with Crippen LogP contribution in [0.5, 0.6) is 0 Å². The van der Waals surface area contributed by atoms with Crippen molar-refractivity contribution in [2.24, 2.45) is 5.92 Å². The molecule has 0 aromatic carbocycles. The summed E-state index contributed by atoms with van der Waals surface area (Å²) < 4.78 is 26.8. The van der Waals surface area contributed by atoms with Crippen molar-refractivity contribution in [1.82, 2.24) is 14.6 Å². The van der Waals surface area contributed by atoms with Gasteiger partial charge in [0.15, 0.2) is 0 Å². The Kier molecular flexibility index (Phi) is 9.24. The van der Waals surface area contributed by atoms with Crippen LogP contribution in [0.4, 0.5) is 0 Å². The van der Waals surface area contributed by atoms with E-state index in [0.29, 0.717) is 24.0 Å². The molecule has 1 saturated heterocycles. The fourth-order valence-corrected chi connectivity index (χ4v) is 5.34. The molecule has 28 heavy (non-hydrogen) atoms. The van der Waals surface area contributed by atoms with E-state index in [9.17, 15) is 13.2 Å². The lowest BCUT2D eigenvalue weighted by atomic mass is 10.0. The number of sulfonamides is 1. The van der Waals surface area contributed by atoms with Gasteiger partial charge in [-0.25, -0.2) is 13.4 Å². The zero-order chi connectivity index (χ0) is 20.6. The Bertz CT molecular complexity index is 715. The fraction of sp³-hybridized carbons (Fsp3) is 0.700. The van der Waals surface area contributed by atoms with Crippen molar-refractivity contribution in [3.63, 3.8) is 0 Å². The summed E-state index contributed by atoms with van der Waals surface area (Å²) in [6.07, 6.45) is 7.57. The zero-order valence-corrected chi connectivity index (χ0v) is 18.8. The molecule has 1 aliphatic heterocycles. The van der Waals surface area contributed by atoms with Gasteiger partial charge in [0, 0.05) is 25.3 Å². The zero-order valence-electron chi connectivity index (χ0n) is 17.2. The topological polar surface area (TPSA) is 79.4 Å². The van der Waals surface area contributed by atoms with Crippen LogP contribution in [0.1, 0.15) is 59.3 Å². The summed E-state index contributed by atoms with van der Waals surface area (Å²) in [5.74, 6) is 0.944. The van der Waals surface area contributed by atoms with Crippen molar-refractivity contribution in [2.75, 3.05) is 18.8 Å². The van der Waals surface area contributed by atoms with Gasteiger partial charge in [-0.1, -0.05) is 44.9 Å². The first-order chi connectivity index (χ1) is 13.3. The molecule has 2 heterocycles. The average Bonchev–Trinajstić information content (AvgIpc) is 2.67. The second-order valence-electron chi connectivity index (χ2n) is 7.88. The second kappa shape index (κ2) is 11.2. The highest BCUT2D eigenvalue weighted by atomic mass is 32.2. The first-order valence-electron chi connectivity index (χ1n) is 10.2. The van der Waals surface area contributed by atoms with Crippen molar-refractivity contribution in [1.29, 1.82) is 0 Å². The molecule has 6 nitrogen and oxygen atoms in total. The smallest absolute Gasteiger partial charge is 0.244 e. The Labute approximate surface area is 173 Å². The lowest BCUT2D eigenvalue weighted by molar-refractivity contribution is -0.119. The molecule has 1 unspecified atom stereocenters. The third kappa shape index (κ3) is 7.37. The minimum atomic E-state index is -3.46. The van der Waals surface area contributed by atoms with E-state index in [0.717, 1.165) is 32.1 Å². The van der Waals surface area contributed by atoms with Gasteiger partial charge in [0.25, 0.3) is 0 Å². The Balaban J connectivity index is 1.79. The molecule has 2 rings (SSSR count). The number of carbonyl (C=O) groups excluding carboxylic acids is 1. The van der Waals surface area contributed by atoms with E-state index in [4.69, 9.17) is 0 Å². The van der Waals surface area contributed by atoms with E-state index in [1.165, 1.54) is 28.7 Å². The summed E-state index contributed by atoms with van der Waals surface area (Å²) in [5.41, 5.74) is 0. The molecule has 158 valence electrons. The highest BCUT2D eigenvalue weighted by molar-refractivity contribution is 7.99. The number of carbonyl (C=O) groups is 1. The third-order valence-electron chi connectivity index (χ3n) is 4.84. The van der Waals surface area contributed by atoms with Gasteiger partial charge in [-0.3, -0.25) is 4.79 Å². The highest BCUT2D eigenvalue weighted by Crippen LogP contribution is 2.22. The van der Waals surface area contributed by atoms with Gasteiger partial charge in [0.1, 0.15) is 4.90 Å². The number of thioether (sulfide) groups is 1. The number of nitrogens with zero attached hydrogens (tertiary/aromatic N) is 2. The van der Waals surface area contributed by atoms with Crippen LogP contribution in [0.2, 0.25) is 0 Å². The maximum absolute atomic E-state index is 12.6. The number of hydrogen-bond acceptors (Lipinski definition) is 5. The third-order valence-corrected chi connectivity index (χ3v) is 7.67. The minimum absolute atomic E-state index is 0.0196. The Morgan fingerprint density at radius 2 is 1.89 bits per heavy atom. The lowest BCUT2D eigenvalue weighted by Crippen LogP contribution is -2.35. The molecule has 0 saturated carbocycles. The number of aromatic nitrogens is 1. The molecule has 0 radical (unpaired) electrons. The number of rotatable bonds is 10. The Morgan fingerprint density at radius 1 is 1.18 bits per heavy atom. The molecular formula is C20H33N3O3S2. The van der Waals surface area contributed by atoms with E-state index >= 15 is 0 Å². The Morgan fingerprint density at radius 3 is 2.50 bits per heavy atom. The van der Waals surface area contributed by atoms with E-state index in [-0.39, 0.29) is 22.6 Å². The summed E-state index contributed by atoms with van der Waals surface area (Å²) in [6.45, 7) is 7.59. The fourth-order valence-electron chi connectivity index (χ4n) is 3.22. The largest absolute Gasteiger partial charge is 0.353 e. The monoisotopic (exact) mass is 427 g/mol. The van der Waals surface area contributed by atoms with Crippen molar-refractivity contribution in [2.45, 2.75) is 75.3 Å².